The van der Waals surface area contributed by atoms with Crippen LogP contribution in [0, 0.1) is 13.8 Å². The van der Waals surface area contributed by atoms with Crippen molar-refractivity contribution in [1.82, 2.24) is 20.3 Å². The van der Waals surface area contributed by atoms with E-state index in [1.807, 2.05) is 0 Å². The summed E-state index contributed by atoms with van der Waals surface area (Å²) in [6, 6.07) is 5.66. The molecule has 0 bridgehead atoms. The van der Waals surface area contributed by atoms with Gasteiger partial charge in [-0.15, -0.1) is 0 Å². The average molecular weight is 420 g/mol. The molecule has 0 saturated carbocycles. The Hall–Kier alpha value is -2.72. The Labute approximate surface area is 169 Å². The number of carbonyl (C=O) groups is 2. The van der Waals surface area contributed by atoms with E-state index in [1.165, 1.54) is 28.6 Å². The van der Waals surface area contributed by atoms with Crippen molar-refractivity contribution in [2.45, 2.75) is 44.4 Å². The Morgan fingerprint density at radius 2 is 1.76 bits per heavy atom. The minimum absolute atomic E-state index is 0.152. The fourth-order valence-corrected chi connectivity index (χ4v) is 4.73. The summed E-state index contributed by atoms with van der Waals surface area (Å²) < 4.78 is 31.5. The molecule has 0 atom stereocenters. The number of amides is 2. The van der Waals surface area contributed by atoms with Gasteiger partial charge in [-0.1, -0.05) is 5.16 Å². The number of benzene rings is 1. The van der Waals surface area contributed by atoms with Crippen molar-refractivity contribution < 1.29 is 22.5 Å². The zero-order valence-electron chi connectivity index (χ0n) is 16.4. The minimum atomic E-state index is -3.52. The maximum Gasteiger partial charge on any atom is 0.269 e. The first-order valence-corrected chi connectivity index (χ1v) is 10.8. The number of aryl methyl sites for hydroxylation is 2. The number of hydrogen-bond acceptors (Lipinski definition) is 6. The molecule has 1 aromatic carbocycles. The van der Waals surface area contributed by atoms with Crippen LogP contribution < -0.4 is 10.9 Å². The van der Waals surface area contributed by atoms with Crippen molar-refractivity contribution in [1.29, 1.82) is 0 Å². The van der Waals surface area contributed by atoms with E-state index >= 15 is 0 Å². The van der Waals surface area contributed by atoms with Gasteiger partial charge in [0.05, 0.1) is 10.6 Å². The fraction of sp³-hybridized carbons (Fsp3) is 0.421. The molecule has 3 rings (SSSR count). The molecule has 1 fully saturated rings. The highest BCUT2D eigenvalue weighted by atomic mass is 32.2. The van der Waals surface area contributed by atoms with Gasteiger partial charge in [0.2, 0.25) is 15.9 Å². The molecular formula is C19H24N4O5S. The number of nitrogens with one attached hydrogen (secondary N) is 2. The van der Waals surface area contributed by atoms with Gasteiger partial charge in [0.1, 0.15) is 5.76 Å². The van der Waals surface area contributed by atoms with Crippen LogP contribution in [0.5, 0.6) is 0 Å². The molecule has 2 aromatic rings. The summed E-state index contributed by atoms with van der Waals surface area (Å²) in [5, 5.41) is 3.84. The highest BCUT2D eigenvalue weighted by Crippen LogP contribution is 2.21. The molecule has 1 aliphatic rings. The lowest BCUT2D eigenvalue weighted by molar-refractivity contribution is -0.121. The molecular weight excluding hydrogens is 396 g/mol. The second-order valence-corrected chi connectivity index (χ2v) is 8.88. The molecule has 2 amide bonds. The first-order valence-electron chi connectivity index (χ1n) is 9.40. The predicted molar refractivity (Wildman–Crippen MR) is 104 cm³/mol. The Morgan fingerprint density at radius 1 is 1.10 bits per heavy atom. The second-order valence-electron chi connectivity index (χ2n) is 6.94. The third-order valence-corrected chi connectivity index (χ3v) is 6.83. The first kappa shape index (κ1) is 21.0. The van der Waals surface area contributed by atoms with Crippen LogP contribution in [0.2, 0.25) is 0 Å². The van der Waals surface area contributed by atoms with E-state index in [2.05, 4.69) is 16.0 Å². The highest BCUT2D eigenvalue weighted by molar-refractivity contribution is 7.89. The molecule has 2 heterocycles. The lowest BCUT2D eigenvalue weighted by Gasteiger charge is -2.15. The first-order chi connectivity index (χ1) is 13.8. The van der Waals surface area contributed by atoms with E-state index < -0.39 is 15.9 Å². The van der Waals surface area contributed by atoms with Gasteiger partial charge < -0.3 is 4.52 Å². The van der Waals surface area contributed by atoms with Gasteiger partial charge in [-0.05, 0) is 57.4 Å². The number of sulfonamides is 1. The average Bonchev–Trinajstić information content (AvgIpc) is 3.36. The normalized spacial score (nSPS) is 14.7. The standard InChI is InChI=1S/C19H24N4O5S/c1-13-17(14(2)28-22-13)9-10-18(24)20-21-19(25)15-5-7-16(8-6-15)29(26,27)23-11-3-4-12-23/h5-8H,3-4,9-12H2,1-2H3,(H,20,24)(H,21,25). The molecule has 1 aliphatic heterocycles. The fourth-order valence-electron chi connectivity index (χ4n) is 3.21. The monoisotopic (exact) mass is 420 g/mol. The van der Waals surface area contributed by atoms with E-state index in [1.54, 1.807) is 13.8 Å². The van der Waals surface area contributed by atoms with Crippen LogP contribution in [0.4, 0.5) is 0 Å². The van der Waals surface area contributed by atoms with Crippen LogP contribution in [0.3, 0.4) is 0 Å². The lowest BCUT2D eigenvalue weighted by Crippen LogP contribution is -2.41. The maximum atomic E-state index is 12.5. The van der Waals surface area contributed by atoms with Crippen LogP contribution in [0.25, 0.3) is 0 Å². The Kier molecular flexibility index (Phi) is 6.33. The van der Waals surface area contributed by atoms with E-state index in [0.717, 1.165) is 24.1 Å². The Morgan fingerprint density at radius 3 is 2.34 bits per heavy atom. The quantitative estimate of drug-likeness (QED) is 0.683. The van der Waals surface area contributed by atoms with Crippen molar-refractivity contribution in [2.24, 2.45) is 0 Å². The van der Waals surface area contributed by atoms with Gasteiger partial charge in [-0.3, -0.25) is 20.4 Å². The van der Waals surface area contributed by atoms with E-state index in [0.29, 0.717) is 25.3 Å². The zero-order valence-corrected chi connectivity index (χ0v) is 17.2. The molecule has 0 radical (unpaired) electrons. The summed E-state index contributed by atoms with van der Waals surface area (Å²) in [7, 11) is -3.52. The topological polar surface area (TPSA) is 122 Å². The number of nitrogens with zero attached hydrogens (tertiary/aromatic N) is 2. The van der Waals surface area contributed by atoms with E-state index in [9.17, 15) is 18.0 Å². The highest BCUT2D eigenvalue weighted by Gasteiger charge is 2.27. The Bertz CT molecular complexity index is 973. The van der Waals surface area contributed by atoms with Gasteiger partial charge in [0.25, 0.3) is 5.91 Å². The van der Waals surface area contributed by atoms with Crippen LogP contribution in [0.15, 0.2) is 33.7 Å². The zero-order chi connectivity index (χ0) is 21.0. The van der Waals surface area contributed by atoms with Crippen LogP contribution in [-0.4, -0.2) is 42.8 Å². The molecule has 0 spiro atoms. The molecule has 9 nitrogen and oxygen atoms in total. The predicted octanol–water partition coefficient (Wildman–Crippen LogP) is 1.47. The number of hydrazine groups is 1. The summed E-state index contributed by atoms with van der Waals surface area (Å²) in [6.07, 6.45) is 2.33. The summed E-state index contributed by atoms with van der Waals surface area (Å²) in [5.74, 6) is -0.212. The van der Waals surface area contributed by atoms with E-state index in [-0.39, 0.29) is 22.8 Å². The maximum absolute atomic E-state index is 12.5. The molecule has 1 saturated heterocycles. The largest absolute Gasteiger partial charge is 0.361 e. The van der Waals surface area contributed by atoms with Gasteiger partial charge in [-0.2, -0.15) is 4.31 Å². The number of hydrogen-bond donors (Lipinski definition) is 2. The minimum Gasteiger partial charge on any atom is -0.361 e. The number of carbonyl (C=O) groups excluding carboxylic acids is 2. The van der Waals surface area contributed by atoms with Crippen LogP contribution >= 0.6 is 0 Å². The van der Waals surface area contributed by atoms with Crippen molar-refractivity contribution in [3.05, 3.63) is 46.8 Å². The molecule has 2 N–H and O–H groups in total. The van der Waals surface area contributed by atoms with Crippen molar-refractivity contribution in [2.75, 3.05) is 13.1 Å². The van der Waals surface area contributed by atoms with Crippen LogP contribution in [0.1, 0.15) is 46.6 Å². The summed E-state index contributed by atoms with van der Waals surface area (Å²) in [4.78, 5) is 24.3. The third kappa shape index (κ3) is 4.83. The van der Waals surface area contributed by atoms with Crippen LogP contribution in [-0.2, 0) is 21.2 Å². The summed E-state index contributed by atoms with van der Waals surface area (Å²) in [6.45, 7) is 4.62. The van der Waals surface area contributed by atoms with Gasteiger partial charge in [0, 0.05) is 30.6 Å². The number of aromatic nitrogens is 1. The molecule has 0 aliphatic carbocycles. The van der Waals surface area contributed by atoms with Gasteiger partial charge >= 0.3 is 0 Å². The SMILES string of the molecule is Cc1noc(C)c1CCC(=O)NNC(=O)c1ccc(S(=O)(=O)N2CCCC2)cc1. The molecule has 10 heteroatoms. The summed E-state index contributed by atoms with van der Waals surface area (Å²) >= 11 is 0. The molecule has 156 valence electrons. The van der Waals surface area contributed by atoms with Crippen molar-refractivity contribution >= 4 is 21.8 Å². The van der Waals surface area contributed by atoms with Crippen molar-refractivity contribution in [3.8, 4) is 0 Å². The van der Waals surface area contributed by atoms with E-state index in [4.69, 9.17) is 4.52 Å². The Balaban J connectivity index is 1.52. The number of rotatable bonds is 6. The molecule has 29 heavy (non-hydrogen) atoms. The lowest BCUT2D eigenvalue weighted by atomic mass is 10.1. The molecule has 0 unspecified atom stereocenters. The smallest absolute Gasteiger partial charge is 0.269 e. The second kappa shape index (κ2) is 8.75. The van der Waals surface area contributed by atoms with Crippen molar-refractivity contribution in [3.63, 3.8) is 0 Å². The molecule has 1 aromatic heterocycles. The van der Waals surface area contributed by atoms with Gasteiger partial charge in [0.15, 0.2) is 0 Å². The van der Waals surface area contributed by atoms with Gasteiger partial charge in [-0.25, -0.2) is 8.42 Å². The third-order valence-electron chi connectivity index (χ3n) is 4.92. The summed E-state index contributed by atoms with van der Waals surface area (Å²) in [5.41, 5.74) is 6.55.